The third-order valence-corrected chi connectivity index (χ3v) is 4.28. The van der Waals surface area contributed by atoms with E-state index in [1.807, 2.05) is 25.2 Å². The molecule has 0 aromatic heterocycles. The molecule has 1 aliphatic rings. The van der Waals surface area contributed by atoms with Gasteiger partial charge in [-0.15, -0.1) is 24.0 Å². The largest absolute Gasteiger partial charge is 0.375 e. The van der Waals surface area contributed by atoms with Crippen LogP contribution in [0.5, 0.6) is 0 Å². The molecule has 2 N–H and O–H groups in total. The maximum absolute atomic E-state index is 5.67. The molecule has 1 atom stereocenters. The Kier molecular flexibility index (Phi) is 11.0. The Hall–Kier alpha value is -0.860. The van der Waals surface area contributed by atoms with E-state index < -0.39 is 0 Å². The van der Waals surface area contributed by atoms with Crippen LogP contribution in [0.25, 0.3) is 0 Å². The summed E-state index contributed by atoms with van der Waals surface area (Å²) in [6.45, 7) is 7.62. The van der Waals surface area contributed by atoms with Crippen molar-refractivity contribution >= 4 is 29.9 Å². The van der Waals surface area contributed by atoms with Crippen molar-refractivity contribution in [1.82, 2.24) is 15.5 Å². The van der Waals surface area contributed by atoms with Crippen LogP contribution in [-0.4, -0.2) is 56.7 Å². The third kappa shape index (κ3) is 7.36. The topological polar surface area (TPSA) is 48.9 Å². The number of nitrogens with zero attached hydrogens (tertiary/aromatic N) is 2. The van der Waals surface area contributed by atoms with Crippen LogP contribution in [0.2, 0.25) is 0 Å². The van der Waals surface area contributed by atoms with Crippen molar-refractivity contribution in [2.24, 2.45) is 4.99 Å². The molecule has 1 heterocycles. The summed E-state index contributed by atoms with van der Waals surface area (Å²) in [5.74, 6) is 0.858. The number of likely N-dealkylation sites (tertiary alicyclic amines) is 1. The highest BCUT2D eigenvalue weighted by Crippen LogP contribution is 2.15. The molecule has 0 bridgehead atoms. The quantitative estimate of drug-likeness (QED) is 0.279. The summed E-state index contributed by atoms with van der Waals surface area (Å²) in [5.41, 5.74) is 1.20. The molecule has 0 spiro atoms. The van der Waals surface area contributed by atoms with Crippen LogP contribution in [0.1, 0.15) is 25.3 Å². The standard InChI is InChI=1S/C18H30N4O.HI/c1-3-22-12-7-10-17(22)14-21-18(19-2)20-11-13-23-15-16-8-5-4-6-9-16;/h4-6,8-9,17H,3,7,10-15H2,1-2H3,(H2,19,20,21);1H. The second kappa shape index (κ2) is 12.5. The van der Waals surface area contributed by atoms with Crippen molar-refractivity contribution in [3.05, 3.63) is 35.9 Å². The Morgan fingerprint density at radius 3 is 2.79 bits per heavy atom. The molecule has 0 aliphatic carbocycles. The SMILES string of the molecule is CCN1CCCC1CNC(=NC)NCCOCc1ccccc1.I. The van der Waals surface area contributed by atoms with Crippen LogP contribution in [0.4, 0.5) is 0 Å². The average Bonchev–Trinajstić information content (AvgIpc) is 3.06. The summed E-state index contributed by atoms with van der Waals surface area (Å²) in [6, 6.07) is 10.9. The predicted molar refractivity (Wildman–Crippen MR) is 111 cm³/mol. The van der Waals surface area contributed by atoms with Gasteiger partial charge in [-0.05, 0) is 31.5 Å². The zero-order valence-corrected chi connectivity index (χ0v) is 17.2. The van der Waals surface area contributed by atoms with E-state index in [0.29, 0.717) is 19.3 Å². The van der Waals surface area contributed by atoms with E-state index >= 15 is 0 Å². The van der Waals surface area contributed by atoms with Crippen LogP contribution in [0.3, 0.4) is 0 Å². The number of ether oxygens (including phenoxy) is 1. The Labute approximate surface area is 163 Å². The molecule has 1 aromatic carbocycles. The smallest absolute Gasteiger partial charge is 0.191 e. The first-order chi connectivity index (χ1) is 11.3. The maximum Gasteiger partial charge on any atom is 0.191 e. The van der Waals surface area contributed by atoms with Crippen LogP contribution in [0, 0.1) is 0 Å². The minimum atomic E-state index is 0. The molecule has 6 heteroatoms. The predicted octanol–water partition coefficient (Wildman–Crippen LogP) is 2.47. The lowest BCUT2D eigenvalue weighted by Crippen LogP contribution is -2.45. The molecule has 1 saturated heterocycles. The molecule has 1 aliphatic heterocycles. The van der Waals surface area contributed by atoms with Crippen LogP contribution < -0.4 is 10.6 Å². The van der Waals surface area contributed by atoms with Gasteiger partial charge in [-0.25, -0.2) is 0 Å². The summed E-state index contributed by atoms with van der Waals surface area (Å²) in [4.78, 5) is 6.81. The van der Waals surface area contributed by atoms with E-state index in [0.717, 1.165) is 25.6 Å². The van der Waals surface area contributed by atoms with Gasteiger partial charge in [-0.2, -0.15) is 0 Å². The number of halogens is 1. The molecule has 1 unspecified atom stereocenters. The monoisotopic (exact) mass is 446 g/mol. The fourth-order valence-corrected chi connectivity index (χ4v) is 2.98. The van der Waals surface area contributed by atoms with Crippen molar-refractivity contribution in [1.29, 1.82) is 0 Å². The van der Waals surface area contributed by atoms with Gasteiger partial charge in [0.15, 0.2) is 5.96 Å². The van der Waals surface area contributed by atoms with Gasteiger partial charge in [0, 0.05) is 26.2 Å². The molecule has 1 fully saturated rings. The van der Waals surface area contributed by atoms with Crippen molar-refractivity contribution < 1.29 is 4.74 Å². The minimum absolute atomic E-state index is 0. The van der Waals surface area contributed by atoms with Crippen molar-refractivity contribution in [2.75, 3.05) is 39.8 Å². The molecule has 0 radical (unpaired) electrons. The first kappa shape index (κ1) is 21.2. The van der Waals surface area contributed by atoms with Crippen LogP contribution in [-0.2, 0) is 11.3 Å². The summed E-state index contributed by atoms with van der Waals surface area (Å²) in [5, 5.41) is 6.73. The molecule has 136 valence electrons. The van der Waals surface area contributed by atoms with Crippen LogP contribution in [0.15, 0.2) is 35.3 Å². The van der Waals surface area contributed by atoms with Crippen LogP contribution >= 0.6 is 24.0 Å². The summed E-state index contributed by atoms with van der Waals surface area (Å²) >= 11 is 0. The number of nitrogens with one attached hydrogen (secondary N) is 2. The van der Waals surface area contributed by atoms with Gasteiger partial charge in [0.1, 0.15) is 0 Å². The van der Waals surface area contributed by atoms with E-state index in [2.05, 4.69) is 39.6 Å². The second-order valence-electron chi connectivity index (χ2n) is 5.84. The molecule has 5 nitrogen and oxygen atoms in total. The number of aliphatic imine (C=N–C) groups is 1. The van der Waals surface area contributed by atoms with E-state index in [9.17, 15) is 0 Å². The fraction of sp³-hybridized carbons (Fsp3) is 0.611. The van der Waals surface area contributed by atoms with Crippen molar-refractivity contribution in [3.63, 3.8) is 0 Å². The highest BCUT2D eigenvalue weighted by Gasteiger charge is 2.22. The Morgan fingerprint density at radius 1 is 1.29 bits per heavy atom. The lowest BCUT2D eigenvalue weighted by Gasteiger charge is -2.23. The summed E-state index contributed by atoms with van der Waals surface area (Å²) in [6.07, 6.45) is 2.58. The maximum atomic E-state index is 5.67. The molecule has 1 aromatic rings. The van der Waals surface area contributed by atoms with Gasteiger partial charge in [-0.1, -0.05) is 37.3 Å². The summed E-state index contributed by atoms with van der Waals surface area (Å²) < 4.78 is 5.67. The van der Waals surface area contributed by atoms with E-state index in [-0.39, 0.29) is 24.0 Å². The number of benzene rings is 1. The molecule has 2 rings (SSSR count). The highest BCUT2D eigenvalue weighted by atomic mass is 127. The Bertz CT molecular complexity index is 469. The minimum Gasteiger partial charge on any atom is -0.375 e. The van der Waals surface area contributed by atoms with E-state index in [1.165, 1.54) is 24.9 Å². The number of guanidine groups is 1. The first-order valence-electron chi connectivity index (χ1n) is 8.63. The van der Waals surface area contributed by atoms with Gasteiger partial charge in [0.05, 0.1) is 13.2 Å². The molecule has 0 amide bonds. The average molecular weight is 446 g/mol. The van der Waals surface area contributed by atoms with Gasteiger partial charge in [0.2, 0.25) is 0 Å². The fourth-order valence-electron chi connectivity index (χ4n) is 2.98. The number of hydrogen-bond acceptors (Lipinski definition) is 3. The van der Waals surface area contributed by atoms with Gasteiger partial charge in [0.25, 0.3) is 0 Å². The molecule has 0 saturated carbocycles. The van der Waals surface area contributed by atoms with E-state index in [1.54, 1.807) is 0 Å². The molecular weight excluding hydrogens is 415 g/mol. The normalized spacial score (nSPS) is 18.2. The second-order valence-corrected chi connectivity index (χ2v) is 5.84. The highest BCUT2D eigenvalue weighted by molar-refractivity contribution is 14.0. The zero-order valence-electron chi connectivity index (χ0n) is 14.8. The zero-order chi connectivity index (χ0) is 16.3. The van der Waals surface area contributed by atoms with Crippen molar-refractivity contribution in [3.8, 4) is 0 Å². The third-order valence-electron chi connectivity index (χ3n) is 4.28. The molecule has 24 heavy (non-hydrogen) atoms. The summed E-state index contributed by atoms with van der Waals surface area (Å²) in [7, 11) is 1.81. The lowest BCUT2D eigenvalue weighted by molar-refractivity contribution is 0.125. The van der Waals surface area contributed by atoms with Gasteiger partial charge >= 0.3 is 0 Å². The Balaban J connectivity index is 0.00000288. The Morgan fingerprint density at radius 2 is 2.08 bits per heavy atom. The number of likely N-dealkylation sites (N-methyl/N-ethyl adjacent to an activating group) is 1. The first-order valence-corrected chi connectivity index (χ1v) is 8.63. The lowest BCUT2D eigenvalue weighted by atomic mass is 10.2. The van der Waals surface area contributed by atoms with E-state index in [4.69, 9.17) is 4.74 Å². The molecular formula is C18H31IN4O. The van der Waals surface area contributed by atoms with Crippen molar-refractivity contribution in [2.45, 2.75) is 32.4 Å². The van der Waals surface area contributed by atoms with Gasteiger partial charge in [-0.3, -0.25) is 9.89 Å². The van der Waals surface area contributed by atoms with Gasteiger partial charge < -0.3 is 15.4 Å². The number of rotatable bonds is 8. The number of hydrogen-bond donors (Lipinski definition) is 2.